The number of allylic oxidation sites excluding steroid dienone is 3. The van der Waals surface area contributed by atoms with Gasteiger partial charge in [0.2, 0.25) is 0 Å². The van der Waals surface area contributed by atoms with Gasteiger partial charge in [-0.25, -0.2) is 0 Å². The summed E-state index contributed by atoms with van der Waals surface area (Å²) in [5.41, 5.74) is 2.48. The van der Waals surface area contributed by atoms with Crippen molar-refractivity contribution in [1.82, 2.24) is 5.32 Å². The minimum absolute atomic E-state index is 0.0327. The molecule has 3 nitrogen and oxygen atoms in total. The van der Waals surface area contributed by atoms with Crippen molar-refractivity contribution in [2.45, 2.75) is 39.5 Å². The zero-order valence-corrected chi connectivity index (χ0v) is 15.2. The van der Waals surface area contributed by atoms with Crippen LogP contribution in [0.2, 0.25) is 0 Å². The average Bonchev–Trinajstić information content (AvgIpc) is 2.98. The van der Waals surface area contributed by atoms with Gasteiger partial charge in [-0.1, -0.05) is 26.8 Å². The van der Waals surface area contributed by atoms with Gasteiger partial charge in [0.15, 0.2) is 5.78 Å². The lowest BCUT2D eigenvalue weighted by molar-refractivity contribution is -0.118. The summed E-state index contributed by atoms with van der Waals surface area (Å²) in [6.07, 6.45) is 1.40. The molecule has 1 unspecified atom stereocenters. The molecule has 0 saturated heterocycles. The van der Waals surface area contributed by atoms with Crippen molar-refractivity contribution >= 4 is 28.9 Å². The largest absolute Gasteiger partial charge is 0.352 e. The molecule has 1 aliphatic carbocycles. The molecule has 0 aromatic carbocycles. The molecule has 1 N–H and O–H groups in total. The highest BCUT2D eigenvalue weighted by Crippen LogP contribution is 2.48. The van der Waals surface area contributed by atoms with E-state index in [0.29, 0.717) is 12.0 Å². The number of nitrogens with one attached hydrogen (secondary N) is 1. The van der Waals surface area contributed by atoms with Gasteiger partial charge in [0.25, 0.3) is 0 Å². The Morgan fingerprint density at radius 2 is 2.26 bits per heavy atom. The highest BCUT2D eigenvalue weighted by molar-refractivity contribution is 8.03. The summed E-state index contributed by atoms with van der Waals surface area (Å²) in [4.78, 5) is 13.9. The molecule has 120 valence electrons. The van der Waals surface area contributed by atoms with Gasteiger partial charge in [0, 0.05) is 22.6 Å². The number of dihydropyridines is 1. The van der Waals surface area contributed by atoms with E-state index in [2.05, 4.69) is 32.2 Å². The molecule has 1 aliphatic heterocycles. The maximum absolute atomic E-state index is 12.8. The number of hydrogen-bond acceptors (Lipinski definition) is 5. The van der Waals surface area contributed by atoms with Gasteiger partial charge >= 0.3 is 0 Å². The Kier molecular flexibility index (Phi) is 4.39. The van der Waals surface area contributed by atoms with Crippen LogP contribution >= 0.6 is 23.1 Å². The molecule has 0 bridgehead atoms. The molecule has 2 aliphatic rings. The van der Waals surface area contributed by atoms with Crippen molar-refractivity contribution in [2.24, 2.45) is 5.41 Å². The Morgan fingerprint density at radius 1 is 1.48 bits per heavy atom. The van der Waals surface area contributed by atoms with E-state index in [1.807, 2.05) is 17.5 Å². The minimum atomic E-state index is -0.200. The van der Waals surface area contributed by atoms with Gasteiger partial charge in [-0.2, -0.15) is 5.26 Å². The number of nitriles is 1. The Bertz CT molecular complexity index is 736. The van der Waals surface area contributed by atoms with Crippen molar-refractivity contribution in [3.63, 3.8) is 0 Å². The van der Waals surface area contributed by atoms with Crippen LogP contribution in [0.4, 0.5) is 0 Å². The summed E-state index contributed by atoms with van der Waals surface area (Å²) in [5, 5.41) is 16.1. The molecule has 0 radical (unpaired) electrons. The van der Waals surface area contributed by atoms with Crippen LogP contribution in [-0.4, -0.2) is 11.5 Å². The van der Waals surface area contributed by atoms with Crippen LogP contribution in [0.1, 0.15) is 44.4 Å². The predicted octanol–water partition coefficient (Wildman–Crippen LogP) is 4.57. The van der Waals surface area contributed by atoms with E-state index in [9.17, 15) is 10.1 Å². The summed E-state index contributed by atoms with van der Waals surface area (Å²) in [6.45, 7) is 6.34. The number of ketones is 1. The highest BCUT2D eigenvalue weighted by atomic mass is 32.2. The third kappa shape index (κ3) is 2.98. The maximum Gasteiger partial charge on any atom is 0.162 e. The van der Waals surface area contributed by atoms with Gasteiger partial charge in [-0.05, 0) is 29.0 Å². The number of carbonyl (C=O) groups is 1. The molecule has 23 heavy (non-hydrogen) atoms. The summed E-state index contributed by atoms with van der Waals surface area (Å²) in [5.74, 6) is 0.870. The highest BCUT2D eigenvalue weighted by Gasteiger charge is 2.42. The van der Waals surface area contributed by atoms with Crippen molar-refractivity contribution in [3.05, 3.63) is 44.3 Å². The lowest BCUT2D eigenvalue weighted by atomic mass is 9.70. The predicted molar refractivity (Wildman–Crippen MR) is 96.0 cm³/mol. The number of Topliss-reactive ketones (excluding diaryl/α,β-unsaturated/α-hetero) is 1. The first-order valence-corrected chi connectivity index (χ1v) is 9.67. The topological polar surface area (TPSA) is 52.9 Å². The Balaban J connectivity index is 2.16. The molecule has 0 spiro atoms. The van der Waals surface area contributed by atoms with E-state index in [4.69, 9.17) is 0 Å². The van der Waals surface area contributed by atoms with Gasteiger partial charge in [-0.15, -0.1) is 23.1 Å². The zero-order valence-electron chi connectivity index (χ0n) is 13.6. The van der Waals surface area contributed by atoms with E-state index in [-0.39, 0.29) is 17.1 Å². The number of rotatable bonds is 3. The summed E-state index contributed by atoms with van der Waals surface area (Å²) < 4.78 is 0. The first-order valence-electron chi connectivity index (χ1n) is 7.80. The van der Waals surface area contributed by atoms with E-state index in [1.54, 1.807) is 23.1 Å². The molecule has 3 rings (SSSR count). The van der Waals surface area contributed by atoms with Crippen LogP contribution in [0, 0.1) is 16.7 Å². The average molecular weight is 345 g/mol. The van der Waals surface area contributed by atoms with Gasteiger partial charge < -0.3 is 5.32 Å². The standard InChI is InChI=1S/C18H20N2OS2/c1-4-22-17-11(10-19)15(14-6-5-7-23-14)16-12(20-17)8-18(2,3)9-13(16)21/h5-7,15,20H,4,8-9H2,1-3H3. The molecule has 1 aromatic heterocycles. The second-order valence-electron chi connectivity index (χ2n) is 6.69. The van der Waals surface area contributed by atoms with Crippen molar-refractivity contribution in [3.8, 4) is 6.07 Å². The van der Waals surface area contributed by atoms with E-state index < -0.39 is 0 Å². The summed E-state index contributed by atoms with van der Waals surface area (Å²) >= 11 is 3.27. The first kappa shape index (κ1) is 16.4. The Labute approximate surface area is 145 Å². The quantitative estimate of drug-likeness (QED) is 0.873. The molecule has 0 fully saturated rings. The fourth-order valence-electron chi connectivity index (χ4n) is 3.37. The maximum atomic E-state index is 12.8. The third-order valence-electron chi connectivity index (χ3n) is 4.24. The van der Waals surface area contributed by atoms with Gasteiger partial charge in [0.1, 0.15) is 0 Å². The molecule has 2 heterocycles. The Hall–Kier alpha value is -1.51. The lowest BCUT2D eigenvalue weighted by Gasteiger charge is -2.38. The van der Waals surface area contributed by atoms with Crippen LogP contribution in [0.3, 0.4) is 0 Å². The monoisotopic (exact) mass is 344 g/mol. The number of thioether (sulfide) groups is 1. The number of hydrogen-bond donors (Lipinski definition) is 1. The third-order valence-corrected chi connectivity index (χ3v) is 6.08. The van der Waals surface area contributed by atoms with Crippen LogP contribution in [0.5, 0.6) is 0 Å². The van der Waals surface area contributed by atoms with Crippen LogP contribution in [0.25, 0.3) is 0 Å². The zero-order chi connectivity index (χ0) is 16.6. The molecule has 0 amide bonds. The van der Waals surface area contributed by atoms with E-state index in [0.717, 1.165) is 33.4 Å². The fourth-order valence-corrected chi connectivity index (χ4v) is 5.02. The van der Waals surface area contributed by atoms with Crippen molar-refractivity contribution in [1.29, 1.82) is 5.26 Å². The fraction of sp³-hybridized carbons (Fsp3) is 0.444. The molecule has 1 atom stereocenters. The van der Waals surface area contributed by atoms with Crippen LogP contribution in [-0.2, 0) is 4.79 Å². The smallest absolute Gasteiger partial charge is 0.162 e. The van der Waals surface area contributed by atoms with Gasteiger partial charge in [0.05, 0.1) is 22.6 Å². The SMILES string of the molecule is CCSC1=C(C#N)C(c2cccs2)C2=C(CC(C)(C)CC2=O)N1. The normalized spacial score (nSPS) is 23.4. The van der Waals surface area contributed by atoms with Crippen molar-refractivity contribution in [2.75, 3.05) is 5.75 Å². The second kappa shape index (κ2) is 6.18. The number of carbonyl (C=O) groups excluding carboxylic acids is 1. The second-order valence-corrected chi connectivity index (χ2v) is 8.95. The minimum Gasteiger partial charge on any atom is -0.352 e. The lowest BCUT2D eigenvalue weighted by Crippen LogP contribution is -2.36. The number of thiophene rings is 1. The molecular formula is C18H20N2OS2. The summed E-state index contributed by atoms with van der Waals surface area (Å²) in [7, 11) is 0. The first-order chi connectivity index (χ1) is 11.0. The number of nitrogens with zero attached hydrogens (tertiary/aromatic N) is 1. The molecular weight excluding hydrogens is 324 g/mol. The van der Waals surface area contributed by atoms with Crippen LogP contribution < -0.4 is 5.32 Å². The van der Waals surface area contributed by atoms with Crippen molar-refractivity contribution < 1.29 is 4.79 Å². The summed E-state index contributed by atoms with van der Waals surface area (Å²) in [6, 6.07) is 6.39. The Morgan fingerprint density at radius 3 is 2.87 bits per heavy atom. The van der Waals surface area contributed by atoms with E-state index >= 15 is 0 Å². The molecule has 0 saturated carbocycles. The molecule has 5 heteroatoms. The molecule has 1 aromatic rings. The van der Waals surface area contributed by atoms with Gasteiger partial charge in [-0.3, -0.25) is 4.79 Å². The van der Waals surface area contributed by atoms with E-state index in [1.165, 1.54) is 0 Å². The van der Waals surface area contributed by atoms with Crippen LogP contribution in [0.15, 0.2) is 39.4 Å².